The van der Waals surface area contributed by atoms with E-state index in [1.165, 1.54) is 11.8 Å². The Labute approximate surface area is 147 Å². The molecule has 1 aromatic heterocycles. The summed E-state index contributed by atoms with van der Waals surface area (Å²) in [7, 11) is 0. The number of rotatable bonds is 4. The Bertz CT molecular complexity index is 706. The second kappa shape index (κ2) is 8.39. The van der Waals surface area contributed by atoms with E-state index in [9.17, 15) is 9.59 Å². The molecule has 1 aliphatic rings. The molecule has 1 aromatic carbocycles. The van der Waals surface area contributed by atoms with Crippen molar-refractivity contribution in [3.63, 3.8) is 0 Å². The highest BCUT2D eigenvalue weighted by Gasteiger charge is 2.28. The Balaban J connectivity index is 1.58. The van der Waals surface area contributed by atoms with Gasteiger partial charge in [0.15, 0.2) is 0 Å². The SMILES string of the molecule is O=C(NNC(=O)[C@@H]1CCCCN1Cc1ccccc1)c1cccnc1. The molecule has 0 unspecified atom stereocenters. The number of piperidine rings is 1. The zero-order chi connectivity index (χ0) is 17.5. The van der Waals surface area contributed by atoms with Crippen LogP contribution in [0.5, 0.6) is 0 Å². The highest BCUT2D eigenvalue weighted by Crippen LogP contribution is 2.19. The van der Waals surface area contributed by atoms with Crippen LogP contribution in [-0.4, -0.2) is 34.3 Å². The van der Waals surface area contributed by atoms with E-state index in [0.29, 0.717) is 5.56 Å². The maximum atomic E-state index is 12.6. The van der Waals surface area contributed by atoms with Crippen molar-refractivity contribution in [2.24, 2.45) is 0 Å². The van der Waals surface area contributed by atoms with Crippen LogP contribution in [0.4, 0.5) is 0 Å². The van der Waals surface area contributed by atoms with Crippen LogP contribution < -0.4 is 10.9 Å². The normalized spacial score (nSPS) is 17.7. The molecular weight excluding hydrogens is 316 g/mol. The van der Waals surface area contributed by atoms with E-state index in [2.05, 4.69) is 32.9 Å². The number of amides is 2. The van der Waals surface area contributed by atoms with Crippen molar-refractivity contribution < 1.29 is 9.59 Å². The molecule has 130 valence electrons. The minimum absolute atomic E-state index is 0.173. The van der Waals surface area contributed by atoms with Gasteiger partial charge < -0.3 is 0 Å². The number of aromatic nitrogens is 1. The first-order valence-corrected chi connectivity index (χ1v) is 8.52. The molecule has 2 heterocycles. The summed E-state index contributed by atoms with van der Waals surface area (Å²) in [5.41, 5.74) is 6.63. The highest BCUT2D eigenvalue weighted by molar-refractivity contribution is 5.95. The predicted molar refractivity (Wildman–Crippen MR) is 94.3 cm³/mol. The molecule has 1 atom stereocenters. The lowest BCUT2D eigenvalue weighted by Gasteiger charge is -2.34. The van der Waals surface area contributed by atoms with Gasteiger partial charge in [-0.2, -0.15) is 0 Å². The number of carbonyl (C=O) groups is 2. The molecule has 6 nitrogen and oxygen atoms in total. The van der Waals surface area contributed by atoms with E-state index in [1.54, 1.807) is 18.3 Å². The number of hydrogen-bond acceptors (Lipinski definition) is 4. The van der Waals surface area contributed by atoms with Gasteiger partial charge in [-0.05, 0) is 37.1 Å². The van der Waals surface area contributed by atoms with E-state index in [4.69, 9.17) is 0 Å². The zero-order valence-corrected chi connectivity index (χ0v) is 14.0. The average molecular weight is 338 g/mol. The molecule has 1 fully saturated rings. The van der Waals surface area contributed by atoms with E-state index >= 15 is 0 Å². The number of hydrogen-bond donors (Lipinski definition) is 2. The van der Waals surface area contributed by atoms with Gasteiger partial charge in [-0.25, -0.2) is 0 Å². The van der Waals surface area contributed by atoms with Gasteiger partial charge in [0.25, 0.3) is 11.8 Å². The van der Waals surface area contributed by atoms with Crippen LogP contribution in [0, 0.1) is 0 Å². The van der Waals surface area contributed by atoms with Crippen LogP contribution in [0.1, 0.15) is 35.2 Å². The molecule has 0 bridgehead atoms. The summed E-state index contributed by atoms with van der Waals surface area (Å²) in [6, 6.07) is 13.2. The van der Waals surface area contributed by atoms with Crippen molar-refractivity contribution in [1.29, 1.82) is 0 Å². The molecule has 1 saturated heterocycles. The molecule has 0 saturated carbocycles. The maximum Gasteiger partial charge on any atom is 0.271 e. The Morgan fingerprint density at radius 2 is 1.92 bits per heavy atom. The van der Waals surface area contributed by atoms with E-state index in [0.717, 1.165) is 32.4 Å². The molecule has 2 amide bonds. The van der Waals surface area contributed by atoms with Gasteiger partial charge in [0.05, 0.1) is 11.6 Å². The number of likely N-dealkylation sites (tertiary alicyclic amines) is 1. The Hall–Kier alpha value is -2.73. The lowest BCUT2D eigenvalue weighted by molar-refractivity contribution is -0.128. The summed E-state index contributed by atoms with van der Waals surface area (Å²) in [4.78, 5) is 30.6. The number of nitrogens with zero attached hydrogens (tertiary/aromatic N) is 2. The fourth-order valence-corrected chi connectivity index (χ4v) is 3.07. The van der Waals surface area contributed by atoms with Gasteiger partial charge in [-0.3, -0.25) is 30.3 Å². The van der Waals surface area contributed by atoms with Crippen molar-refractivity contribution in [2.45, 2.75) is 31.8 Å². The minimum Gasteiger partial charge on any atom is -0.288 e. The summed E-state index contributed by atoms with van der Waals surface area (Å²) in [5, 5.41) is 0. The minimum atomic E-state index is -0.369. The molecular formula is C19H22N4O2. The second-order valence-electron chi connectivity index (χ2n) is 6.15. The van der Waals surface area contributed by atoms with Crippen molar-refractivity contribution >= 4 is 11.8 Å². The van der Waals surface area contributed by atoms with Crippen LogP contribution in [0.25, 0.3) is 0 Å². The third-order valence-electron chi connectivity index (χ3n) is 4.37. The number of carbonyl (C=O) groups excluding carboxylic acids is 2. The molecule has 0 aliphatic carbocycles. The Morgan fingerprint density at radius 3 is 2.68 bits per heavy atom. The van der Waals surface area contributed by atoms with Crippen LogP contribution >= 0.6 is 0 Å². The molecule has 25 heavy (non-hydrogen) atoms. The first kappa shape index (κ1) is 17.1. The molecule has 3 rings (SSSR count). The van der Waals surface area contributed by atoms with Crippen LogP contribution in [0.3, 0.4) is 0 Å². The summed E-state index contributed by atoms with van der Waals surface area (Å²) in [5.74, 6) is -0.542. The molecule has 0 radical (unpaired) electrons. The second-order valence-corrected chi connectivity index (χ2v) is 6.15. The first-order chi connectivity index (χ1) is 12.2. The monoisotopic (exact) mass is 338 g/mol. The number of pyridine rings is 1. The smallest absolute Gasteiger partial charge is 0.271 e. The van der Waals surface area contributed by atoms with Crippen LogP contribution in [0.2, 0.25) is 0 Å². The number of hydrazine groups is 1. The Morgan fingerprint density at radius 1 is 1.08 bits per heavy atom. The molecule has 6 heteroatoms. The van der Waals surface area contributed by atoms with Crippen LogP contribution in [0.15, 0.2) is 54.9 Å². The average Bonchev–Trinajstić information content (AvgIpc) is 2.68. The Kier molecular flexibility index (Phi) is 5.74. The topological polar surface area (TPSA) is 74.3 Å². The van der Waals surface area contributed by atoms with Gasteiger partial charge in [0.2, 0.25) is 0 Å². The zero-order valence-electron chi connectivity index (χ0n) is 14.0. The van der Waals surface area contributed by atoms with E-state index in [-0.39, 0.29) is 17.9 Å². The summed E-state index contributed by atoms with van der Waals surface area (Å²) < 4.78 is 0. The third-order valence-corrected chi connectivity index (χ3v) is 4.37. The van der Waals surface area contributed by atoms with E-state index < -0.39 is 0 Å². The van der Waals surface area contributed by atoms with Crippen LogP contribution in [-0.2, 0) is 11.3 Å². The number of benzene rings is 1. The van der Waals surface area contributed by atoms with Crippen molar-refractivity contribution in [3.8, 4) is 0 Å². The van der Waals surface area contributed by atoms with Crippen molar-refractivity contribution in [3.05, 3.63) is 66.0 Å². The third kappa shape index (κ3) is 4.64. The van der Waals surface area contributed by atoms with Gasteiger partial charge >= 0.3 is 0 Å². The largest absolute Gasteiger partial charge is 0.288 e. The molecule has 0 spiro atoms. The lowest BCUT2D eigenvalue weighted by Crippen LogP contribution is -2.53. The lowest BCUT2D eigenvalue weighted by atomic mass is 10.0. The quantitative estimate of drug-likeness (QED) is 0.835. The molecule has 2 N–H and O–H groups in total. The fraction of sp³-hybridized carbons (Fsp3) is 0.316. The standard InChI is InChI=1S/C19H22N4O2/c24-18(16-9-6-11-20-13-16)21-22-19(25)17-10-4-5-12-23(17)14-15-7-2-1-3-8-15/h1-3,6-9,11,13,17H,4-5,10,12,14H2,(H,21,24)(H,22,25)/t17-/m0/s1. The van der Waals surface area contributed by atoms with E-state index in [1.807, 2.05) is 18.2 Å². The summed E-state index contributed by atoms with van der Waals surface area (Å²) in [6.07, 6.45) is 5.95. The van der Waals surface area contributed by atoms with Crippen molar-refractivity contribution in [2.75, 3.05) is 6.54 Å². The fourth-order valence-electron chi connectivity index (χ4n) is 3.07. The summed E-state index contributed by atoms with van der Waals surface area (Å²) in [6.45, 7) is 1.61. The van der Waals surface area contributed by atoms with Gasteiger partial charge in [0.1, 0.15) is 0 Å². The molecule has 1 aliphatic heterocycles. The van der Waals surface area contributed by atoms with Crippen molar-refractivity contribution in [1.82, 2.24) is 20.7 Å². The maximum absolute atomic E-state index is 12.6. The molecule has 2 aromatic rings. The van der Waals surface area contributed by atoms with Gasteiger partial charge in [-0.1, -0.05) is 36.8 Å². The predicted octanol–water partition coefficient (Wildman–Crippen LogP) is 1.90. The number of nitrogens with one attached hydrogen (secondary N) is 2. The summed E-state index contributed by atoms with van der Waals surface area (Å²) >= 11 is 0. The first-order valence-electron chi connectivity index (χ1n) is 8.52. The highest BCUT2D eigenvalue weighted by atomic mass is 16.2. The van der Waals surface area contributed by atoms with Gasteiger partial charge in [-0.15, -0.1) is 0 Å². The van der Waals surface area contributed by atoms with Gasteiger partial charge in [0, 0.05) is 18.9 Å².